The predicted octanol–water partition coefficient (Wildman–Crippen LogP) is 4.25. The Bertz CT molecular complexity index is 455. The van der Waals surface area contributed by atoms with Crippen LogP contribution >= 0.6 is 23.4 Å². The topological polar surface area (TPSA) is 22.1 Å². The second kappa shape index (κ2) is 5.23. The summed E-state index contributed by atoms with van der Waals surface area (Å²) in [6, 6.07) is 11.3. The Kier molecular flexibility index (Phi) is 3.70. The molecule has 0 saturated carbocycles. The third-order valence-corrected chi connectivity index (χ3v) is 2.95. The van der Waals surface area contributed by atoms with E-state index in [2.05, 4.69) is 4.98 Å². The van der Waals surface area contributed by atoms with Crippen LogP contribution in [-0.4, -0.2) is 11.2 Å². The Morgan fingerprint density at radius 2 is 1.88 bits per heavy atom. The molecule has 0 aliphatic rings. The Morgan fingerprint density at radius 3 is 2.44 bits per heavy atom. The monoisotopic (exact) mass is 251 g/mol. The molecule has 0 N–H and O–H groups in total. The van der Waals surface area contributed by atoms with Crippen LogP contribution in [0.25, 0.3) is 0 Å². The van der Waals surface area contributed by atoms with Gasteiger partial charge in [-0.3, -0.25) is 0 Å². The second-order valence-corrected chi connectivity index (χ2v) is 4.41. The highest BCUT2D eigenvalue weighted by atomic mass is 35.5. The second-order valence-electron chi connectivity index (χ2n) is 3.09. The number of hydrogen-bond acceptors (Lipinski definition) is 3. The standard InChI is InChI=1S/C12H10ClNOS/c1-16-11-5-3-10(4-6-11)15-12-7-2-9(13)8-14-12/h2-8H,1H3. The molecule has 1 aromatic heterocycles. The summed E-state index contributed by atoms with van der Waals surface area (Å²) in [6.45, 7) is 0. The van der Waals surface area contributed by atoms with Crippen LogP contribution in [0.1, 0.15) is 0 Å². The summed E-state index contributed by atoms with van der Waals surface area (Å²) in [6.07, 6.45) is 3.60. The number of benzene rings is 1. The molecule has 0 spiro atoms. The van der Waals surface area contributed by atoms with Gasteiger partial charge in [0.1, 0.15) is 5.75 Å². The molecule has 0 unspecified atom stereocenters. The molecular formula is C12H10ClNOS. The van der Waals surface area contributed by atoms with E-state index in [9.17, 15) is 0 Å². The van der Waals surface area contributed by atoms with Crippen LogP contribution in [0.3, 0.4) is 0 Å². The van der Waals surface area contributed by atoms with Crippen LogP contribution in [0.15, 0.2) is 47.5 Å². The van der Waals surface area contributed by atoms with E-state index < -0.39 is 0 Å². The lowest BCUT2D eigenvalue weighted by Crippen LogP contribution is -1.86. The van der Waals surface area contributed by atoms with Crippen LogP contribution in [0.2, 0.25) is 5.02 Å². The minimum absolute atomic E-state index is 0.543. The number of aromatic nitrogens is 1. The number of halogens is 1. The predicted molar refractivity (Wildman–Crippen MR) is 67.5 cm³/mol. The fourth-order valence-corrected chi connectivity index (χ4v) is 1.71. The molecule has 2 nitrogen and oxygen atoms in total. The van der Waals surface area contributed by atoms with Gasteiger partial charge in [-0.1, -0.05) is 11.6 Å². The molecule has 82 valence electrons. The Hall–Kier alpha value is -1.19. The Morgan fingerprint density at radius 1 is 1.12 bits per heavy atom. The molecule has 0 bridgehead atoms. The van der Waals surface area contributed by atoms with Crippen LogP contribution < -0.4 is 4.74 Å². The summed E-state index contributed by atoms with van der Waals surface area (Å²) in [5.74, 6) is 1.31. The van der Waals surface area contributed by atoms with Crippen molar-refractivity contribution in [3.8, 4) is 11.6 Å². The molecule has 16 heavy (non-hydrogen) atoms. The maximum absolute atomic E-state index is 5.73. The number of hydrogen-bond donors (Lipinski definition) is 0. The summed E-state index contributed by atoms with van der Waals surface area (Å²) in [5.41, 5.74) is 0. The average molecular weight is 252 g/mol. The lowest BCUT2D eigenvalue weighted by molar-refractivity contribution is 0.462. The molecule has 0 radical (unpaired) electrons. The van der Waals surface area contributed by atoms with Crippen molar-refractivity contribution in [2.45, 2.75) is 4.90 Å². The van der Waals surface area contributed by atoms with Crippen LogP contribution in [0.4, 0.5) is 0 Å². The quantitative estimate of drug-likeness (QED) is 0.762. The van der Waals surface area contributed by atoms with Gasteiger partial charge in [0.05, 0.1) is 5.02 Å². The normalized spacial score (nSPS) is 10.1. The highest BCUT2D eigenvalue weighted by molar-refractivity contribution is 7.98. The van der Waals surface area contributed by atoms with E-state index in [0.29, 0.717) is 10.9 Å². The van der Waals surface area contributed by atoms with Gasteiger partial charge in [-0.05, 0) is 36.6 Å². The minimum Gasteiger partial charge on any atom is -0.439 e. The zero-order valence-corrected chi connectivity index (χ0v) is 10.3. The SMILES string of the molecule is CSc1ccc(Oc2ccc(Cl)cn2)cc1. The van der Waals surface area contributed by atoms with Crippen molar-refractivity contribution in [1.82, 2.24) is 4.98 Å². The number of thioether (sulfide) groups is 1. The van der Waals surface area contributed by atoms with Gasteiger partial charge in [0.15, 0.2) is 0 Å². The van der Waals surface area contributed by atoms with Crippen LogP contribution in [-0.2, 0) is 0 Å². The van der Waals surface area contributed by atoms with Gasteiger partial charge < -0.3 is 4.74 Å². The van der Waals surface area contributed by atoms with E-state index in [4.69, 9.17) is 16.3 Å². The molecule has 0 fully saturated rings. The highest BCUT2D eigenvalue weighted by Gasteiger charge is 1.98. The fourth-order valence-electron chi connectivity index (χ4n) is 1.19. The first kappa shape index (κ1) is 11.3. The Balaban J connectivity index is 2.11. The van der Waals surface area contributed by atoms with Crippen molar-refractivity contribution in [3.63, 3.8) is 0 Å². The fraction of sp³-hybridized carbons (Fsp3) is 0.0833. The Labute approximate surface area is 104 Å². The smallest absolute Gasteiger partial charge is 0.219 e. The third-order valence-electron chi connectivity index (χ3n) is 1.98. The van der Waals surface area contributed by atoms with Gasteiger partial charge in [0, 0.05) is 17.2 Å². The number of pyridine rings is 1. The van der Waals surface area contributed by atoms with Crippen molar-refractivity contribution >= 4 is 23.4 Å². The lowest BCUT2D eigenvalue weighted by Gasteiger charge is -2.04. The molecule has 1 aromatic carbocycles. The molecule has 2 rings (SSSR count). The summed E-state index contributed by atoms with van der Waals surface area (Å²) in [5, 5.41) is 0.602. The molecular weight excluding hydrogens is 242 g/mol. The minimum atomic E-state index is 0.543. The zero-order valence-electron chi connectivity index (χ0n) is 8.68. The van der Waals surface area contributed by atoms with Gasteiger partial charge in [-0.15, -0.1) is 11.8 Å². The lowest BCUT2D eigenvalue weighted by atomic mass is 10.3. The zero-order chi connectivity index (χ0) is 11.4. The van der Waals surface area contributed by atoms with E-state index in [1.54, 1.807) is 30.1 Å². The first-order valence-electron chi connectivity index (χ1n) is 4.71. The first-order chi connectivity index (χ1) is 7.78. The van der Waals surface area contributed by atoms with E-state index in [0.717, 1.165) is 5.75 Å². The van der Waals surface area contributed by atoms with E-state index in [1.807, 2.05) is 30.5 Å². The summed E-state index contributed by atoms with van der Waals surface area (Å²) in [7, 11) is 0. The molecule has 4 heteroatoms. The molecule has 0 aliphatic heterocycles. The number of rotatable bonds is 3. The van der Waals surface area contributed by atoms with Gasteiger partial charge >= 0.3 is 0 Å². The average Bonchev–Trinajstić information content (AvgIpc) is 2.33. The molecule has 0 aliphatic carbocycles. The summed E-state index contributed by atoms with van der Waals surface area (Å²) >= 11 is 7.43. The molecule has 2 aromatic rings. The van der Waals surface area contributed by atoms with Crippen molar-refractivity contribution in [2.75, 3.05) is 6.26 Å². The largest absolute Gasteiger partial charge is 0.439 e. The summed E-state index contributed by atoms with van der Waals surface area (Å²) < 4.78 is 5.55. The maximum atomic E-state index is 5.73. The third kappa shape index (κ3) is 2.90. The first-order valence-corrected chi connectivity index (χ1v) is 6.31. The van der Waals surface area contributed by atoms with Gasteiger partial charge in [0.25, 0.3) is 0 Å². The maximum Gasteiger partial charge on any atom is 0.219 e. The number of ether oxygens (including phenoxy) is 1. The van der Waals surface area contributed by atoms with E-state index in [-0.39, 0.29) is 0 Å². The van der Waals surface area contributed by atoms with E-state index >= 15 is 0 Å². The van der Waals surface area contributed by atoms with Gasteiger partial charge in [-0.2, -0.15) is 0 Å². The van der Waals surface area contributed by atoms with Crippen molar-refractivity contribution < 1.29 is 4.74 Å². The van der Waals surface area contributed by atoms with Crippen molar-refractivity contribution in [2.24, 2.45) is 0 Å². The molecule has 1 heterocycles. The van der Waals surface area contributed by atoms with Gasteiger partial charge in [0.2, 0.25) is 5.88 Å². The van der Waals surface area contributed by atoms with Crippen LogP contribution in [0.5, 0.6) is 11.6 Å². The van der Waals surface area contributed by atoms with Crippen molar-refractivity contribution in [1.29, 1.82) is 0 Å². The molecule has 0 amide bonds. The van der Waals surface area contributed by atoms with E-state index in [1.165, 1.54) is 4.90 Å². The van der Waals surface area contributed by atoms with Crippen LogP contribution in [0, 0.1) is 0 Å². The highest BCUT2D eigenvalue weighted by Crippen LogP contribution is 2.23. The van der Waals surface area contributed by atoms with Gasteiger partial charge in [-0.25, -0.2) is 4.98 Å². The van der Waals surface area contributed by atoms with Crippen molar-refractivity contribution in [3.05, 3.63) is 47.6 Å². The molecule has 0 saturated heterocycles. The molecule has 0 atom stereocenters. The summed E-state index contributed by atoms with van der Waals surface area (Å²) in [4.78, 5) is 5.26. The number of nitrogens with zero attached hydrogens (tertiary/aromatic N) is 1.